The molecule has 0 aliphatic carbocycles. The van der Waals surface area contributed by atoms with E-state index in [9.17, 15) is 9.59 Å². The Morgan fingerprint density at radius 1 is 1.00 bits per heavy atom. The highest BCUT2D eigenvalue weighted by Gasteiger charge is 2.48. The fourth-order valence-electron chi connectivity index (χ4n) is 5.00. The summed E-state index contributed by atoms with van der Waals surface area (Å²) >= 11 is 0. The lowest BCUT2D eigenvalue weighted by atomic mass is 9.93. The first-order valence-electron chi connectivity index (χ1n) is 12.8. The van der Waals surface area contributed by atoms with Crippen molar-refractivity contribution < 1.29 is 19.1 Å². The molecule has 39 heavy (non-hydrogen) atoms. The first-order chi connectivity index (χ1) is 18.8. The van der Waals surface area contributed by atoms with Crippen LogP contribution in [0.3, 0.4) is 0 Å². The van der Waals surface area contributed by atoms with Gasteiger partial charge in [0.25, 0.3) is 5.91 Å². The first kappa shape index (κ1) is 26.0. The van der Waals surface area contributed by atoms with Crippen LogP contribution in [0.4, 0.5) is 0 Å². The summed E-state index contributed by atoms with van der Waals surface area (Å²) < 4.78 is 12.4. The van der Waals surface area contributed by atoms with Crippen LogP contribution in [0.1, 0.15) is 34.1 Å². The van der Waals surface area contributed by atoms with Gasteiger partial charge >= 0.3 is 0 Å². The lowest BCUT2D eigenvalue weighted by Crippen LogP contribution is -2.63. The van der Waals surface area contributed by atoms with Gasteiger partial charge < -0.3 is 19.7 Å². The van der Waals surface area contributed by atoms with Gasteiger partial charge in [0.15, 0.2) is 0 Å². The molecule has 8 nitrogen and oxygen atoms in total. The van der Waals surface area contributed by atoms with Crippen molar-refractivity contribution in [2.45, 2.75) is 39.0 Å². The normalized spacial score (nSPS) is 16.5. The summed E-state index contributed by atoms with van der Waals surface area (Å²) in [6.45, 7) is 4.59. The Morgan fingerprint density at radius 3 is 2.49 bits per heavy atom. The number of aromatic nitrogens is 2. The highest BCUT2D eigenvalue weighted by molar-refractivity contribution is 6.00. The van der Waals surface area contributed by atoms with Gasteiger partial charge in [0.2, 0.25) is 5.91 Å². The van der Waals surface area contributed by atoms with Gasteiger partial charge in [0.05, 0.1) is 26.5 Å². The number of carbonyl (C=O) groups is 2. The molecule has 2 amide bonds. The SMILES string of the molecule is COc1ccc(-c2cc3n(n2)CC(C)(C(=O)NCc2ccccc2OC)N(Cc2cccc(C)c2)C3=O)cc1. The molecular formula is C31H32N4O4. The van der Waals surface area contributed by atoms with Crippen molar-refractivity contribution in [2.24, 2.45) is 0 Å². The maximum Gasteiger partial charge on any atom is 0.273 e. The molecule has 3 aromatic carbocycles. The van der Waals surface area contributed by atoms with Crippen LogP contribution in [0.2, 0.25) is 0 Å². The van der Waals surface area contributed by atoms with Gasteiger partial charge in [-0.15, -0.1) is 0 Å². The van der Waals surface area contributed by atoms with E-state index in [0.717, 1.165) is 28.0 Å². The lowest BCUT2D eigenvalue weighted by Gasteiger charge is -2.43. The van der Waals surface area contributed by atoms with Crippen LogP contribution in [0, 0.1) is 6.92 Å². The Bertz CT molecular complexity index is 1510. The topological polar surface area (TPSA) is 85.7 Å². The Hall–Kier alpha value is -4.59. The number of carbonyl (C=O) groups excluding carboxylic acids is 2. The summed E-state index contributed by atoms with van der Waals surface area (Å²) in [5.41, 5.74) is 3.68. The third-order valence-electron chi connectivity index (χ3n) is 7.23. The number of benzene rings is 3. The average Bonchev–Trinajstić information content (AvgIpc) is 3.38. The fraction of sp³-hybridized carbons (Fsp3) is 0.258. The second-order valence-electron chi connectivity index (χ2n) is 9.95. The molecule has 0 saturated heterocycles. The van der Waals surface area contributed by atoms with Crippen LogP contribution >= 0.6 is 0 Å². The van der Waals surface area contributed by atoms with E-state index >= 15 is 0 Å². The number of hydrogen-bond acceptors (Lipinski definition) is 5. The van der Waals surface area contributed by atoms with Gasteiger partial charge in [-0.3, -0.25) is 14.3 Å². The fourth-order valence-corrected chi connectivity index (χ4v) is 5.00. The molecule has 1 aromatic heterocycles. The molecule has 0 radical (unpaired) electrons. The van der Waals surface area contributed by atoms with E-state index in [1.54, 1.807) is 36.8 Å². The lowest BCUT2D eigenvalue weighted by molar-refractivity contribution is -0.133. The van der Waals surface area contributed by atoms with Gasteiger partial charge in [-0.2, -0.15) is 5.10 Å². The van der Waals surface area contributed by atoms with Crippen LogP contribution < -0.4 is 14.8 Å². The molecule has 1 N–H and O–H groups in total. The molecular weight excluding hydrogens is 492 g/mol. The van der Waals surface area contributed by atoms with E-state index in [2.05, 4.69) is 5.32 Å². The number of methoxy groups -OCH3 is 2. The highest BCUT2D eigenvalue weighted by atomic mass is 16.5. The predicted molar refractivity (Wildman–Crippen MR) is 149 cm³/mol. The van der Waals surface area contributed by atoms with Crippen molar-refractivity contribution in [2.75, 3.05) is 14.2 Å². The Labute approximate surface area is 228 Å². The number of aryl methyl sites for hydroxylation is 1. The highest BCUT2D eigenvalue weighted by Crippen LogP contribution is 2.32. The van der Waals surface area contributed by atoms with Gasteiger partial charge in [-0.05, 0) is 55.8 Å². The monoisotopic (exact) mass is 524 g/mol. The minimum absolute atomic E-state index is 0.216. The molecule has 0 bridgehead atoms. The third-order valence-corrected chi connectivity index (χ3v) is 7.23. The second kappa shape index (κ2) is 10.6. The van der Waals surface area contributed by atoms with Crippen molar-refractivity contribution in [1.82, 2.24) is 20.0 Å². The van der Waals surface area contributed by atoms with Gasteiger partial charge in [0.1, 0.15) is 22.7 Å². The van der Waals surface area contributed by atoms with E-state index in [-0.39, 0.29) is 24.9 Å². The molecule has 5 rings (SSSR count). The van der Waals surface area contributed by atoms with E-state index < -0.39 is 5.54 Å². The average molecular weight is 525 g/mol. The number of rotatable bonds is 8. The van der Waals surface area contributed by atoms with Crippen molar-refractivity contribution in [3.8, 4) is 22.8 Å². The zero-order chi connectivity index (χ0) is 27.6. The summed E-state index contributed by atoms with van der Waals surface area (Å²) in [7, 11) is 3.22. The minimum Gasteiger partial charge on any atom is -0.497 e. The molecule has 1 aliphatic heterocycles. The van der Waals surface area contributed by atoms with Gasteiger partial charge in [-0.25, -0.2) is 0 Å². The van der Waals surface area contributed by atoms with Crippen LogP contribution in [-0.4, -0.2) is 46.3 Å². The van der Waals surface area contributed by atoms with E-state index in [1.807, 2.05) is 79.7 Å². The number of para-hydroxylation sites is 1. The van der Waals surface area contributed by atoms with Gasteiger partial charge in [0, 0.05) is 24.2 Å². The molecule has 200 valence electrons. The summed E-state index contributed by atoms with van der Waals surface area (Å²) in [5, 5.41) is 7.78. The molecule has 8 heteroatoms. The van der Waals surface area contributed by atoms with E-state index in [0.29, 0.717) is 23.7 Å². The molecule has 1 atom stereocenters. The molecule has 1 unspecified atom stereocenters. The van der Waals surface area contributed by atoms with Crippen LogP contribution in [0.25, 0.3) is 11.3 Å². The number of nitrogens with zero attached hydrogens (tertiary/aromatic N) is 3. The van der Waals surface area contributed by atoms with Gasteiger partial charge in [-0.1, -0.05) is 48.0 Å². The summed E-state index contributed by atoms with van der Waals surface area (Å²) in [4.78, 5) is 29.5. The molecule has 1 aliphatic rings. The van der Waals surface area contributed by atoms with E-state index in [4.69, 9.17) is 14.6 Å². The van der Waals surface area contributed by atoms with Crippen molar-refractivity contribution >= 4 is 11.8 Å². The predicted octanol–water partition coefficient (Wildman–Crippen LogP) is 4.61. The Kier molecular flexibility index (Phi) is 7.11. The molecule has 4 aromatic rings. The Morgan fingerprint density at radius 2 is 1.77 bits per heavy atom. The zero-order valence-corrected chi connectivity index (χ0v) is 22.6. The summed E-state index contributed by atoms with van der Waals surface area (Å²) in [5.74, 6) is 0.923. The molecule has 2 heterocycles. The van der Waals surface area contributed by atoms with Crippen LogP contribution in [-0.2, 0) is 24.4 Å². The summed E-state index contributed by atoms with van der Waals surface area (Å²) in [6, 6.07) is 24.8. The van der Waals surface area contributed by atoms with E-state index in [1.165, 1.54) is 0 Å². The third kappa shape index (κ3) is 5.10. The largest absolute Gasteiger partial charge is 0.497 e. The van der Waals surface area contributed by atoms with Crippen molar-refractivity contribution in [1.29, 1.82) is 0 Å². The number of ether oxygens (including phenoxy) is 2. The quantitative estimate of drug-likeness (QED) is 0.364. The first-order valence-corrected chi connectivity index (χ1v) is 12.8. The maximum absolute atomic E-state index is 14.0. The second-order valence-corrected chi connectivity index (χ2v) is 9.95. The van der Waals surface area contributed by atoms with Crippen molar-refractivity contribution in [3.05, 3.63) is 101 Å². The number of nitrogens with one attached hydrogen (secondary N) is 1. The van der Waals surface area contributed by atoms with Crippen molar-refractivity contribution in [3.63, 3.8) is 0 Å². The standard InChI is InChI=1S/C31H32N4O4/c1-21-8-7-9-22(16-21)19-34-29(36)27-17-26(23-12-14-25(38-3)15-13-23)33-35(27)20-31(34,2)30(37)32-18-24-10-5-6-11-28(24)39-4/h5-17H,18-20H2,1-4H3,(H,32,37). The number of fused-ring (bicyclic) bond motifs is 1. The summed E-state index contributed by atoms with van der Waals surface area (Å²) in [6.07, 6.45) is 0. The number of amides is 2. The molecule has 0 saturated carbocycles. The molecule has 0 fully saturated rings. The van der Waals surface area contributed by atoms with Crippen LogP contribution in [0.5, 0.6) is 11.5 Å². The minimum atomic E-state index is -1.18. The van der Waals surface area contributed by atoms with Crippen LogP contribution in [0.15, 0.2) is 78.9 Å². The smallest absolute Gasteiger partial charge is 0.273 e. The molecule has 0 spiro atoms. The Balaban J connectivity index is 1.49. The maximum atomic E-state index is 14.0. The number of hydrogen-bond donors (Lipinski definition) is 1. The zero-order valence-electron chi connectivity index (χ0n) is 22.6.